The first kappa shape index (κ1) is 19.3. The number of hydrogen-bond donors (Lipinski definition) is 0. The quantitative estimate of drug-likeness (QED) is 0.455. The molecule has 0 aromatic carbocycles. The minimum Gasteiger partial charge on any atom is -0.0845 e. The van der Waals surface area contributed by atoms with Crippen molar-refractivity contribution < 1.29 is 0 Å². The van der Waals surface area contributed by atoms with E-state index in [0.29, 0.717) is 0 Å². The summed E-state index contributed by atoms with van der Waals surface area (Å²) in [4.78, 5) is 0. The van der Waals surface area contributed by atoms with Gasteiger partial charge >= 0.3 is 0 Å². The summed E-state index contributed by atoms with van der Waals surface area (Å²) in [7, 11) is 0. The molecule has 2 aliphatic rings. The second kappa shape index (κ2) is 13.3. The Labute approximate surface area is 150 Å². The zero-order valence-corrected chi connectivity index (χ0v) is 15.8. The van der Waals surface area contributed by atoms with Gasteiger partial charge in [0.05, 0.1) is 0 Å². The van der Waals surface area contributed by atoms with Crippen LogP contribution in [0.15, 0.2) is 47.6 Å². The van der Waals surface area contributed by atoms with Gasteiger partial charge in [-0.1, -0.05) is 87.8 Å². The van der Waals surface area contributed by atoms with Gasteiger partial charge in [-0.05, 0) is 62.5 Å². The molecule has 24 heavy (non-hydrogen) atoms. The fraction of sp³-hybridized carbons (Fsp3) is 0.667. The molecule has 0 saturated carbocycles. The normalized spacial score (nSPS) is 26.5. The molecule has 0 spiro atoms. The Morgan fingerprint density at radius 3 is 1.25 bits per heavy atom. The maximum atomic E-state index is 2.42. The van der Waals surface area contributed by atoms with E-state index in [1.54, 1.807) is 11.1 Å². The predicted molar refractivity (Wildman–Crippen MR) is 108 cm³/mol. The Kier molecular flexibility index (Phi) is 10.7. The number of rotatable bonds is 1. The molecule has 0 fully saturated rings. The first-order valence-electron chi connectivity index (χ1n) is 10.7. The first-order valence-corrected chi connectivity index (χ1v) is 10.7. The summed E-state index contributed by atoms with van der Waals surface area (Å²) in [5.41, 5.74) is 3.21. The van der Waals surface area contributed by atoms with E-state index in [4.69, 9.17) is 0 Å². The molecular weight excluding hydrogens is 288 g/mol. The average Bonchev–Trinajstić information content (AvgIpc) is 2.56. The van der Waals surface area contributed by atoms with Gasteiger partial charge in [0.15, 0.2) is 0 Å². The Morgan fingerprint density at radius 1 is 0.417 bits per heavy atom. The van der Waals surface area contributed by atoms with Crippen LogP contribution in [0.3, 0.4) is 0 Å². The lowest BCUT2D eigenvalue weighted by atomic mass is 9.92. The molecule has 0 heteroatoms. The van der Waals surface area contributed by atoms with E-state index in [-0.39, 0.29) is 0 Å². The molecule has 0 amide bonds. The van der Waals surface area contributed by atoms with Crippen LogP contribution in [-0.4, -0.2) is 0 Å². The van der Waals surface area contributed by atoms with E-state index in [1.165, 1.54) is 103 Å². The van der Waals surface area contributed by atoms with Crippen LogP contribution in [0.25, 0.3) is 0 Å². The van der Waals surface area contributed by atoms with E-state index in [2.05, 4.69) is 36.5 Å². The van der Waals surface area contributed by atoms with Gasteiger partial charge in [-0.3, -0.25) is 0 Å². The molecule has 0 radical (unpaired) electrons. The molecule has 2 aliphatic carbocycles. The Morgan fingerprint density at radius 2 is 0.792 bits per heavy atom. The van der Waals surface area contributed by atoms with Crippen LogP contribution in [0.4, 0.5) is 0 Å². The van der Waals surface area contributed by atoms with Crippen molar-refractivity contribution >= 4 is 0 Å². The maximum absolute atomic E-state index is 2.42. The molecule has 0 aliphatic heterocycles. The van der Waals surface area contributed by atoms with Crippen molar-refractivity contribution in [2.45, 2.75) is 103 Å². The summed E-state index contributed by atoms with van der Waals surface area (Å²) in [6.07, 6.45) is 36.1. The zero-order valence-electron chi connectivity index (χ0n) is 15.8. The van der Waals surface area contributed by atoms with Gasteiger partial charge in [-0.15, -0.1) is 0 Å². The predicted octanol–water partition coefficient (Wildman–Crippen LogP) is 8.22. The van der Waals surface area contributed by atoms with Crippen LogP contribution in [0.1, 0.15) is 103 Å². The molecule has 0 saturated heterocycles. The molecule has 0 aromatic rings. The average molecular weight is 327 g/mol. The molecule has 0 atom stereocenters. The standard InChI is InChI=1S/C24H38/c1-3-7-11-15-19-23(20-16-12-8-4-1)24-21-17-13-9-5-2-6-10-14-18-22-24/h11,13,15,17,19,21H,1-10,12,14,16,18,20,22H2/b15-11-,17-13?,23-19-,24-21?. The van der Waals surface area contributed by atoms with Crippen molar-refractivity contribution in [2.75, 3.05) is 0 Å². The van der Waals surface area contributed by atoms with Crippen molar-refractivity contribution in [3.63, 3.8) is 0 Å². The fourth-order valence-corrected chi connectivity index (χ4v) is 3.83. The summed E-state index contributed by atoms with van der Waals surface area (Å²) in [6.45, 7) is 0. The van der Waals surface area contributed by atoms with Crippen molar-refractivity contribution in [3.05, 3.63) is 47.6 Å². The lowest BCUT2D eigenvalue weighted by Gasteiger charge is -2.13. The smallest absolute Gasteiger partial charge is 0.0276 e. The van der Waals surface area contributed by atoms with Crippen LogP contribution in [0.5, 0.6) is 0 Å². The van der Waals surface area contributed by atoms with E-state index in [1.807, 2.05) is 0 Å². The van der Waals surface area contributed by atoms with Crippen LogP contribution in [0, 0.1) is 0 Å². The van der Waals surface area contributed by atoms with Gasteiger partial charge in [0, 0.05) is 0 Å². The minimum absolute atomic E-state index is 1.25. The summed E-state index contributed by atoms with van der Waals surface area (Å²) in [5.74, 6) is 0. The van der Waals surface area contributed by atoms with Crippen molar-refractivity contribution in [1.82, 2.24) is 0 Å². The van der Waals surface area contributed by atoms with Crippen LogP contribution >= 0.6 is 0 Å². The van der Waals surface area contributed by atoms with Gasteiger partial charge in [0.1, 0.15) is 0 Å². The molecule has 0 aromatic heterocycles. The van der Waals surface area contributed by atoms with Crippen LogP contribution in [-0.2, 0) is 0 Å². The molecule has 0 heterocycles. The molecular formula is C24H38. The SMILES string of the molecule is C1=CCCCCCCCCC(/C2=C\C=C/CCCCCCCC2)=C1. The number of hydrogen-bond acceptors (Lipinski definition) is 0. The van der Waals surface area contributed by atoms with Gasteiger partial charge in [0.2, 0.25) is 0 Å². The summed E-state index contributed by atoms with van der Waals surface area (Å²) in [6, 6.07) is 0. The molecule has 0 bridgehead atoms. The molecule has 0 N–H and O–H groups in total. The lowest BCUT2D eigenvalue weighted by molar-refractivity contribution is 0.587. The Bertz CT molecular complexity index is 391. The third-order valence-electron chi connectivity index (χ3n) is 5.41. The van der Waals surface area contributed by atoms with Crippen molar-refractivity contribution in [1.29, 1.82) is 0 Å². The molecule has 134 valence electrons. The minimum atomic E-state index is 1.25. The summed E-state index contributed by atoms with van der Waals surface area (Å²) >= 11 is 0. The zero-order chi connectivity index (χ0) is 16.7. The molecule has 0 unspecified atom stereocenters. The second-order valence-corrected chi connectivity index (χ2v) is 7.56. The highest BCUT2D eigenvalue weighted by Crippen LogP contribution is 2.25. The second-order valence-electron chi connectivity index (χ2n) is 7.56. The van der Waals surface area contributed by atoms with E-state index < -0.39 is 0 Å². The van der Waals surface area contributed by atoms with Crippen LogP contribution < -0.4 is 0 Å². The highest BCUT2D eigenvalue weighted by Gasteiger charge is 2.06. The van der Waals surface area contributed by atoms with Gasteiger partial charge in [-0.2, -0.15) is 0 Å². The van der Waals surface area contributed by atoms with Gasteiger partial charge in [-0.25, -0.2) is 0 Å². The third-order valence-corrected chi connectivity index (χ3v) is 5.41. The maximum Gasteiger partial charge on any atom is -0.0276 e. The van der Waals surface area contributed by atoms with Crippen LogP contribution in [0.2, 0.25) is 0 Å². The van der Waals surface area contributed by atoms with Gasteiger partial charge < -0.3 is 0 Å². The van der Waals surface area contributed by atoms with Gasteiger partial charge in [0.25, 0.3) is 0 Å². The van der Waals surface area contributed by atoms with E-state index in [0.717, 1.165) is 0 Å². The number of allylic oxidation sites excluding steroid dienone is 8. The van der Waals surface area contributed by atoms with Crippen molar-refractivity contribution in [3.8, 4) is 0 Å². The molecule has 0 nitrogen and oxygen atoms in total. The highest BCUT2D eigenvalue weighted by molar-refractivity contribution is 5.36. The molecule has 2 rings (SSSR count). The Balaban J connectivity index is 2.06. The van der Waals surface area contributed by atoms with E-state index in [9.17, 15) is 0 Å². The van der Waals surface area contributed by atoms with Crippen molar-refractivity contribution in [2.24, 2.45) is 0 Å². The van der Waals surface area contributed by atoms with E-state index >= 15 is 0 Å². The Hall–Kier alpha value is -1.04. The first-order chi connectivity index (χ1) is 12.0. The monoisotopic (exact) mass is 326 g/mol. The summed E-state index contributed by atoms with van der Waals surface area (Å²) < 4.78 is 0. The highest BCUT2D eigenvalue weighted by atomic mass is 14.1. The largest absolute Gasteiger partial charge is 0.0845 e. The summed E-state index contributed by atoms with van der Waals surface area (Å²) in [5, 5.41) is 0. The fourth-order valence-electron chi connectivity index (χ4n) is 3.83. The topological polar surface area (TPSA) is 0 Å². The third kappa shape index (κ3) is 8.71. The lowest BCUT2D eigenvalue weighted by Crippen LogP contribution is -1.94.